The molecule has 94 valence electrons. The lowest BCUT2D eigenvalue weighted by Gasteiger charge is -2.00. The van der Waals surface area contributed by atoms with Gasteiger partial charge in [0, 0.05) is 0 Å². The lowest BCUT2D eigenvalue weighted by atomic mass is 10.2. The van der Waals surface area contributed by atoms with Crippen molar-refractivity contribution in [2.24, 2.45) is 0 Å². The molecule has 18 heavy (non-hydrogen) atoms. The Balaban J connectivity index is 2.26. The zero-order valence-corrected chi connectivity index (χ0v) is 11.2. The largest absolute Gasteiger partial charge is 0.404 e. The van der Waals surface area contributed by atoms with Crippen LogP contribution in [0.5, 0.6) is 0 Å². The first kappa shape index (κ1) is 13.0. The van der Waals surface area contributed by atoms with Gasteiger partial charge in [-0.25, -0.2) is 4.39 Å². The van der Waals surface area contributed by atoms with Gasteiger partial charge in [0.15, 0.2) is 0 Å². The number of hydrogen-bond donors (Lipinski definition) is 0. The monoisotopic (exact) mass is 333 g/mol. The summed E-state index contributed by atoms with van der Waals surface area (Å²) in [5, 5.41) is 14.4. The van der Waals surface area contributed by atoms with Crippen molar-refractivity contribution in [3.8, 4) is 0 Å². The molecule has 0 radical (unpaired) electrons. The molecule has 1 aromatic heterocycles. The molecule has 0 saturated carbocycles. The van der Waals surface area contributed by atoms with Crippen LogP contribution in [0.2, 0.25) is 5.02 Å². The molecule has 2 aromatic rings. The van der Waals surface area contributed by atoms with Crippen LogP contribution < -0.4 is 0 Å². The van der Waals surface area contributed by atoms with E-state index in [1.165, 1.54) is 23.0 Å². The normalized spacial score (nSPS) is 10.6. The van der Waals surface area contributed by atoms with Crippen molar-refractivity contribution < 1.29 is 9.31 Å². The van der Waals surface area contributed by atoms with Crippen molar-refractivity contribution in [2.45, 2.75) is 6.54 Å². The Hall–Kier alpha value is -1.47. The second-order valence-corrected chi connectivity index (χ2v) is 4.77. The van der Waals surface area contributed by atoms with Crippen LogP contribution in [-0.2, 0) is 6.54 Å². The molecule has 0 N–H and O–H groups in total. The van der Waals surface area contributed by atoms with Gasteiger partial charge in [-0.2, -0.15) is 4.68 Å². The van der Waals surface area contributed by atoms with E-state index >= 15 is 0 Å². The molecule has 2 rings (SSSR count). The first-order valence-electron chi connectivity index (χ1n) is 4.78. The van der Waals surface area contributed by atoms with E-state index in [1.54, 1.807) is 6.07 Å². The summed E-state index contributed by atoms with van der Waals surface area (Å²) in [7, 11) is 0. The van der Waals surface area contributed by atoms with Gasteiger partial charge >= 0.3 is 5.82 Å². The quantitative estimate of drug-likeness (QED) is 0.638. The van der Waals surface area contributed by atoms with Crippen LogP contribution in [-0.4, -0.2) is 14.7 Å². The van der Waals surface area contributed by atoms with Gasteiger partial charge in [-0.1, -0.05) is 17.7 Å². The molecular formula is C10H6BrClFN3O2. The van der Waals surface area contributed by atoms with E-state index in [2.05, 4.69) is 21.0 Å². The Morgan fingerprint density at radius 2 is 2.28 bits per heavy atom. The van der Waals surface area contributed by atoms with Crippen molar-refractivity contribution >= 4 is 33.3 Å². The molecule has 0 aliphatic rings. The van der Waals surface area contributed by atoms with Gasteiger partial charge in [0.25, 0.3) is 0 Å². The van der Waals surface area contributed by atoms with Crippen molar-refractivity contribution in [1.82, 2.24) is 9.78 Å². The third kappa shape index (κ3) is 2.68. The predicted octanol–water partition coefficient (Wildman–Crippen LogP) is 3.39. The lowest BCUT2D eigenvalue weighted by Crippen LogP contribution is -2.01. The maximum atomic E-state index is 13.0. The third-order valence-electron chi connectivity index (χ3n) is 2.20. The van der Waals surface area contributed by atoms with Gasteiger partial charge in [0.1, 0.15) is 10.3 Å². The Kier molecular flexibility index (Phi) is 3.63. The average molecular weight is 335 g/mol. The summed E-state index contributed by atoms with van der Waals surface area (Å²) in [5.41, 5.74) is 0.700. The minimum atomic E-state index is -0.585. The SMILES string of the molecule is O=[N+]([O-])c1nn(Cc2ccc(F)c(Cl)c2)cc1Br. The molecule has 0 aliphatic heterocycles. The summed E-state index contributed by atoms with van der Waals surface area (Å²) in [4.78, 5) is 10.0. The van der Waals surface area contributed by atoms with E-state index in [4.69, 9.17) is 11.6 Å². The van der Waals surface area contributed by atoms with Crippen LogP contribution in [0.15, 0.2) is 28.9 Å². The standard InChI is InChI=1S/C10H6BrClFN3O2/c11-7-5-15(14-10(7)16(17)18)4-6-1-2-9(13)8(12)3-6/h1-3,5H,4H2. The summed E-state index contributed by atoms with van der Waals surface area (Å²) in [6, 6.07) is 4.24. The molecule has 0 fully saturated rings. The number of aromatic nitrogens is 2. The Labute approximate surface area is 114 Å². The minimum absolute atomic E-state index is 0.00761. The van der Waals surface area contributed by atoms with Crippen LogP contribution in [0, 0.1) is 15.9 Å². The number of halogens is 3. The van der Waals surface area contributed by atoms with Crippen LogP contribution in [0.1, 0.15) is 5.56 Å². The molecule has 8 heteroatoms. The molecule has 1 aromatic carbocycles. The molecular weight excluding hydrogens is 328 g/mol. The maximum absolute atomic E-state index is 13.0. The molecule has 0 bridgehead atoms. The highest BCUT2D eigenvalue weighted by molar-refractivity contribution is 9.10. The molecule has 0 spiro atoms. The summed E-state index contributed by atoms with van der Waals surface area (Å²) >= 11 is 8.69. The van der Waals surface area contributed by atoms with Gasteiger partial charge < -0.3 is 10.1 Å². The lowest BCUT2D eigenvalue weighted by molar-refractivity contribution is -0.390. The zero-order valence-electron chi connectivity index (χ0n) is 8.81. The zero-order chi connectivity index (χ0) is 13.3. The fourth-order valence-electron chi connectivity index (χ4n) is 1.42. The fraction of sp³-hybridized carbons (Fsp3) is 0.100. The van der Waals surface area contributed by atoms with E-state index in [1.807, 2.05) is 0 Å². The topological polar surface area (TPSA) is 61.0 Å². The van der Waals surface area contributed by atoms with Crippen LogP contribution in [0.3, 0.4) is 0 Å². The number of hydrogen-bond acceptors (Lipinski definition) is 3. The fourth-order valence-corrected chi connectivity index (χ4v) is 2.08. The first-order valence-corrected chi connectivity index (χ1v) is 5.95. The van der Waals surface area contributed by atoms with Gasteiger partial charge in [-0.15, -0.1) is 0 Å². The summed E-state index contributed by atoms with van der Waals surface area (Å²) in [6.07, 6.45) is 1.48. The highest BCUT2D eigenvalue weighted by atomic mass is 79.9. The molecule has 5 nitrogen and oxygen atoms in total. The number of rotatable bonds is 3. The summed E-state index contributed by atoms with van der Waals surface area (Å²) < 4.78 is 14.6. The Morgan fingerprint density at radius 3 is 2.83 bits per heavy atom. The van der Waals surface area contributed by atoms with E-state index in [9.17, 15) is 14.5 Å². The summed E-state index contributed by atoms with van der Waals surface area (Å²) in [6.45, 7) is 0.270. The highest BCUT2D eigenvalue weighted by Gasteiger charge is 2.18. The Bertz CT molecular complexity index is 617. The van der Waals surface area contributed by atoms with Gasteiger partial charge in [-0.05, 0) is 38.5 Å². The molecule has 0 atom stereocenters. The van der Waals surface area contributed by atoms with Crippen LogP contribution in [0.25, 0.3) is 0 Å². The molecule has 0 amide bonds. The average Bonchev–Trinajstić information content (AvgIpc) is 2.65. The maximum Gasteiger partial charge on any atom is 0.404 e. The van der Waals surface area contributed by atoms with E-state index in [0.717, 1.165) is 0 Å². The van der Waals surface area contributed by atoms with Crippen LogP contribution >= 0.6 is 27.5 Å². The molecule has 0 saturated heterocycles. The van der Waals surface area contributed by atoms with Crippen molar-refractivity contribution in [3.63, 3.8) is 0 Å². The number of benzene rings is 1. The van der Waals surface area contributed by atoms with Crippen LogP contribution in [0.4, 0.5) is 10.2 Å². The smallest absolute Gasteiger partial charge is 0.358 e. The second-order valence-electron chi connectivity index (χ2n) is 3.50. The van der Waals surface area contributed by atoms with Gasteiger partial charge in [0.05, 0.1) is 22.9 Å². The first-order chi connectivity index (χ1) is 8.47. The molecule has 0 unspecified atom stereocenters. The van der Waals surface area contributed by atoms with Gasteiger partial charge in [0.2, 0.25) is 0 Å². The molecule has 0 aliphatic carbocycles. The number of nitro groups is 1. The molecule has 1 heterocycles. The predicted molar refractivity (Wildman–Crippen MR) is 67.1 cm³/mol. The second kappa shape index (κ2) is 5.03. The minimum Gasteiger partial charge on any atom is -0.358 e. The highest BCUT2D eigenvalue weighted by Crippen LogP contribution is 2.23. The van der Waals surface area contributed by atoms with E-state index in [-0.39, 0.29) is 17.4 Å². The van der Waals surface area contributed by atoms with E-state index < -0.39 is 10.7 Å². The van der Waals surface area contributed by atoms with Crippen molar-refractivity contribution in [3.05, 3.63) is 55.4 Å². The number of nitrogens with zero attached hydrogens (tertiary/aromatic N) is 3. The van der Waals surface area contributed by atoms with Crippen molar-refractivity contribution in [2.75, 3.05) is 0 Å². The Morgan fingerprint density at radius 1 is 1.56 bits per heavy atom. The van der Waals surface area contributed by atoms with Gasteiger partial charge in [-0.3, -0.25) is 0 Å². The van der Waals surface area contributed by atoms with E-state index in [0.29, 0.717) is 10.0 Å². The van der Waals surface area contributed by atoms with Crippen molar-refractivity contribution in [1.29, 1.82) is 0 Å². The summed E-state index contributed by atoms with van der Waals surface area (Å²) in [5.74, 6) is -0.767. The third-order valence-corrected chi connectivity index (χ3v) is 3.05.